The summed E-state index contributed by atoms with van der Waals surface area (Å²) in [6.45, 7) is 2.99. The van der Waals surface area contributed by atoms with E-state index in [-0.39, 0.29) is 0 Å². The summed E-state index contributed by atoms with van der Waals surface area (Å²) in [5.74, 6) is 0. The van der Waals surface area contributed by atoms with Crippen LogP contribution in [-0.4, -0.2) is 21.5 Å². The van der Waals surface area contributed by atoms with Crippen molar-refractivity contribution in [2.24, 2.45) is 5.73 Å². The predicted molar refractivity (Wildman–Crippen MR) is 71.6 cm³/mol. The van der Waals surface area contributed by atoms with Crippen molar-refractivity contribution in [2.75, 3.05) is 6.54 Å². The number of halogens is 1. The molecule has 0 spiro atoms. The van der Waals surface area contributed by atoms with Crippen LogP contribution in [0.1, 0.15) is 10.6 Å². The molecule has 0 aliphatic rings. The maximum absolute atomic E-state index is 5.46. The van der Waals surface area contributed by atoms with Crippen LogP contribution in [0.3, 0.4) is 0 Å². The van der Waals surface area contributed by atoms with E-state index in [2.05, 4.69) is 43.7 Å². The highest BCUT2D eigenvalue weighted by atomic mass is 79.9. The van der Waals surface area contributed by atoms with Crippen LogP contribution in [0.15, 0.2) is 22.1 Å². The summed E-state index contributed by atoms with van der Waals surface area (Å²) in [6.07, 6.45) is 1.88. The first-order valence-electron chi connectivity index (χ1n) is 5.32. The fourth-order valence-corrected chi connectivity index (χ4v) is 2.85. The van der Waals surface area contributed by atoms with Crippen LogP contribution in [0.2, 0.25) is 0 Å². The summed E-state index contributed by atoms with van der Waals surface area (Å²) in [4.78, 5) is 1.32. The third-order valence-corrected chi connectivity index (χ3v) is 3.86. The fraction of sp³-hybridized carbons (Fsp3) is 0.400. The van der Waals surface area contributed by atoms with Gasteiger partial charge in [0.25, 0.3) is 0 Å². The third-order valence-electron chi connectivity index (χ3n) is 2.24. The molecule has 92 valence electrons. The molecule has 0 saturated carbocycles. The SMILES string of the molecule is NCc1cn(CCNCc2ccc(Br)s2)nn1. The first kappa shape index (κ1) is 12.7. The molecule has 0 bridgehead atoms. The summed E-state index contributed by atoms with van der Waals surface area (Å²) in [5, 5.41) is 11.3. The van der Waals surface area contributed by atoms with Crippen LogP contribution >= 0.6 is 27.3 Å². The normalized spacial score (nSPS) is 10.9. The van der Waals surface area contributed by atoms with Crippen molar-refractivity contribution < 1.29 is 0 Å². The van der Waals surface area contributed by atoms with Gasteiger partial charge in [-0.15, -0.1) is 16.4 Å². The van der Waals surface area contributed by atoms with Crippen molar-refractivity contribution in [3.05, 3.63) is 32.7 Å². The van der Waals surface area contributed by atoms with Crippen LogP contribution < -0.4 is 11.1 Å². The monoisotopic (exact) mass is 315 g/mol. The van der Waals surface area contributed by atoms with Gasteiger partial charge < -0.3 is 11.1 Å². The standard InChI is InChI=1S/C10H14BrN5S/c11-10-2-1-9(17-10)6-13-3-4-16-7-8(5-12)14-15-16/h1-2,7,13H,3-6,12H2. The van der Waals surface area contributed by atoms with Crippen LogP contribution in [0, 0.1) is 0 Å². The van der Waals surface area contributed by atoms with Gasteiger partial charge in [0.2, 0.25) is 0 Å². The van der Waals surface area contributed by atoms with Gasteiger partial charge in [-0.3, -0.25) is 4.68 Å². The van der Waals surface area contributed by atoms with Crippen molar-refractivity contribution in [1.82, 2.24) is 20.3 Å². The van der Waals surface area contributed by atoms with Gasteiger partial charge in [-0.05, 0) is 28.1 Å². The molecule has 2 rings (SSSR count). The minimum Gasteiger partial charge on any atom is -0.325 e. The third kappa shape index (κ3) is 3.88. The molecule has 7 heteroatoms. The summed E-state index contributed by atoms with van der Waals surface area (Å²) in [5.41, 5.74) is 6.29. The average Bonchev–Trinajstić information content (AvgIpc) is 2.93. The molecule has 0 radical (unpaired) electrons. The second kappa shape index (κ2) is 6.25. The maximum Gasteiger partial charge on any atom is 0.0962 e. The van der Waals surface area contributed by atoms with Crippen molar-refractivity contribution in [3.63, 3.8) is 0 Å². The summed E-state index contributed by atoms with van der Waals surface area (Å²) in [6, 6.07) is 4.18. The number of hydrogen-bond acceptors (Lipinski definition) is 5. The largest absolute Gasteiger partial charge is 0.325 e. The molecule has 0 atom stereocenters. The fourth-order valence-electron chi connectivity index (χ4n) is 1.39. The Labute approximate surface area is 112 Å². The Hall–Kier alpha value is -0.760. The van der Waals surface area contributed by atoms with E-state index < -0.39 is 0 Å². The lowest BCUT2D eigenvalue weighted by atomic mass is 10.4. The van der Waals surface area contributed by atoms with Gasteiger partial charge in [-0.25, -0.2) is 0 Å². The number of nitrogens with zero attached hydrogens (tertiary/aromatic N) is 3. The second-order valence-electron chi connectivity index (χ2n) is 3.56. The van der Waals surface area contributed by atoms with Crippen molar-refractivity contribution in [3.8, 4) is 0 Å². The molecule has 0 aliphatic carbocycles. The summed E-state index contributed by atoms with van der Waals surface area (Å²) < 4.78 is 2.97. The number of hydrogen-bond donors (Lipinski definition) is 2. The smallest absolute Gasteiger partial charge is 0.0962 e. The number of nitrogens with one attached hydrogen (secondary N) is 1. The highest BCUT2D eigenvalue weighted by Gasteiger charge is 1.99. The van der Waals surface area contributed by atoms with Crippen LogP contribution in [0.25, 0.3) is 0 Å². The Balaban J connectivity index is 1.69. The van der Waals surface area contributed by atoms with Gasteiger partial charge in [0.05, 0.1) is 16.0 Å². The van der Waals surface area contributed by atoms with E-state index in [4.69, 9.17) is 5.73 Å². The lowest BCUT2D eigenvalue weighted by molar-refractivity contribution is 0.542. The predicted octanol–water partition coefficient (Wildman–Crippen LogP) is 1.35. The topological polar surface area (TPSA) is 68.8 Å². The van der Waals surface area contributed by atoms with Crippen molar-refractivity contribution in [2.45, 2.75) is 19.6 Å². The van der Waals surface area contributed by atoms with E-state index in [0.717, 1.165) is 29.1 Å². The first-order valence-corrected chi connectivity index (χ1v) is 6.93. The quantitative estimate of drug-likeness (QED) is 0.790. The number of rotatable bonds is 6. The second-order valence-corrected chi connectivity index (χ2v) is 6.11. The molecule has 3 N–H and O–H groups in total. The van der Waals surface area contributed by atoms with E-state index in [1.54, 1.807) is 16.0 Å². The highest BCUT2D eigenvalue weighted by Crippen LogP contribution is 2.21. The molecule has 0 fully saturated rings. The minimum absolute atomic E-state index is 0.441. The van der Waals surface area contributed by atoms with Gasteiger partial charge in [0.1, 0.15) is 0 Å². The molecule has 0 unspecified atom stereocenters. The highest BCUT2D eigenvalue weighted by molar-refractivity contribution is 9.11. The molecule has 2 heterocycles. The average molecular weight is 316 g/mol. The molecule has 17 heavy (non-hydrogen) atoms. The minimum atomic E-state index is 0.441. The lowest BCUT2D eigenvalue weighted by Crippen LogP contribution is -2.19. The zero-order valence-corrected chi connectivity index (χ0v) is 11.7. The molecule has 0 aliphatic heterocycles. The molecular formula is C10H14BrN5S. The van der Waals surface area contributed by atoms with E-state index in [1.165, 1.54) is 4.88 Å². The first-order chi connectivity index (χ1) is 8.28. The Kier molecular flexibility index (Phi) is 4.66. The molecule has 0 aromatic carbocycles. The maximum atomic E-state index is 5.46. The molecule has 0 saturated heterocycles. The lowest BCUT2D eigenvalue weighted by Gasteiger charge is -2.02. The molecule has 2 aromatic rings. The van der Waals surface area contributed by atoms with Gasteiger partial charge in [0, 0.05) is 30.7 Å². The van der Waals surface area contributed by atoms with Crippen molar-refractivity contribution >= 4 is 27.3 Å². The molecular weight excluding hydrogens is 302 g/mol. The molecule has 5 nitrogen and oxygen atoms in total. The van der Waals surface area contributed by atoms with Gasteiger partial charge >= 0.3 is 0 Å². The van der Waals surface area contributed by atoms with Gasteiger partial charge in [-0.1, -0.05) is 5.21 Å². The number of thiophene rings is 1. The Morgan fingerprint density at radius 2 is 2.35 bits per heavy atom. The number of nitrogens with two attached hydrogens (primary N) is 1. The van der Waals surface area contributed by atoms with Crippen LogP contribution in [-0.2, 0) is 19.6 Å². The van der Waals surface area contributed by atoms with E-state index in [9.17, 15) is 0 Å². The van der Waals surface area contributed by atoms with Crippen LogP contribution in [0.5, 0.6) is 0 Å². The van der Waals surface area contributed by atoms with Gasteiger partial charge in [0.15, 0.2) is 0 Å². The van der Waals surface area contributed by atoms with Crippen molar-refractivity contribution in [1.29, 1.82) is 0 Å². The zero-order valence-electron chi connectivity index (χ0n) is 9.27. The Morgan fingerprint density at radius 1 is 1.47 bits per heavy atom. The van der Waals surface area contributed by atoms with E-state index in [1.807, 2.05) is 6.20 Å². The van der Waals surface area contributed by atoms with Crippen LogP contribution in [0.4, 0.5) is 0 Å². The summed E-state index contributed by atoms with van der Waals surface area (Å²) >= 11 is 5.19. The Morgan fingerprint density at radius 3 is 3.00 bits per heavy atom. The van der Waals surface area contributed by atoms with E-state index in [0.29, 0.717) is 6.54 Å². The van der Waals surface area contributed by atoms with Gasteiger partial charge in [-0.2, -0.15) is 0 Å². The molecule has 0 amide bonds. The number of aromatic nitrogens is 3. The zero-order chi connectivity index (χ0) is 12.1. The van der Waals surface area contributed by atoms with E-state index >= 15 is 0 Å². The molecule has 2 aromatic heterocycles. The Bertz CT molecular complexity index is 467. The summed E-state index contributed by atoms with van der Waals surface area (Å²) in [7, 11) is 0.